The van der Waals surface area contributed by atoms with Gasteiger partial charge in [0.1, 0.15) is 0 Å². The summed E-state index contributed by atoms with van der Waals surface area (Å²) in [5.41, 5.74) is 3.21. The normalized spacial score (nSPS) is 13.4. The largest absolute Gasteiger partial charge is 0.493 e. The van der Waals surface area contributed by atoms with E-state index in [2.05, 4.69) is 25.2 Å². The summed E-state index contributed by atoms with van der Waals surface area (Å²) in [5, 5.41) is 12.8. The monoisotopic (exact) mass is 315 g/mol. The van der Waals surface area contributed by atoms with Gasteiger partial charge in [0.15, 0.2) is 11.5 Å². The topological polar surface area (TPSA) is 50.7 Å². The number of methoxy groups -OCH3 is 2. The Kier molecular flexibility index (Phi) is 6.02. The van der Waals surface area contributed by atoms with Crippen molar-refractivity contribution in [2.24, 2.45) is 0 Å². The Balaban J connectivity index is 2.12. The number of aliphatic hydroxyl groups excluding tert-OH is 1. The minimum absolute atomic E-state index is 0.0613. The van der Waals surface area contributed by atoms with E-state index < -0.39 is 0 Å². The second-order valence-corrected chi connectivity index (χ2v) is 5.63. The van der Waals surface area contributed by atoms with Gasteiger partial charge in [0.05, 0.1) is 20.8 Å². The van der Waals surface area contributed by atoms with Crippen LogP contribution in [0.3, 0.4) is 0 Å². The molecular weight excluding hydrogens is 290 g/mol. The zero-order valence-corrected chi connectivity index (χ0v) is 14.2. The number of rotatable bonds is 7. The lowest BCUT2D eigenvalue weighted by atomic mass is 10.0. The van der Waals surface area contributed by atoms with Gasteiger partial charge in [-0.1, -0.05) is 30.3 Å². The molecule has 23 heavy (non-hydrogen) atoms. The van der Waals surface area contributed by atoms with Crippen LogP contribution in [0.5, 0.6) is 11.5 Å². The van der Waals surface area contributed by atoms with Crippen LogP contribution in [-0.4, -0.2) is 19.3 Å². The van der Waals surface area contributed by atoms with Gasteiger partial charge in [-0.2, -0.15) is 0 Å². The summed E-state index contributed by atoms with van der Waals surface area (Å²) in [6.07, 6.45) is 0. The van der Waals surface area contributed by atoms with Crippen LogP contribution in [0.4, 0.5) is 0 Å². The van der Waals surface area contributed by atoms with Crippen molar-refractivity contribution in [2.45, 2.75) is 32.5 Å². The van der Waals surface area contributed by atoms with E-state index in [-0.39, 0.29) is 18.7 Å². The van der Waals surface area contributed by atoms with E-state index in [0.29, 0.717) is 0 Å². The molecule has 0 spiro atoms. The van der Waals surface area contributed by atoms with Crippen molar-refractivity contribution in [2.75, 3.05) is 14.2 Å². The molecule has 0 saturated heterocycles. The van der Waals surface area contributed by atoms with E-state index >= 15 is 0 Å². The van der Waals surface area contributed by atoms with Crippen LogP contribution in [0.25, 0.3) is 0 Å². The molecule has 0 aliphatic rings. The minimum atomic E-state index is 0.0613. The second-order valence-electron chi connectivity index (χ2n) is 5.63. The zero-order chi connectivity index (χ0) is 16.8. The lowest BCUT2D eigenvalue weighted by molar-refractivity contribution is 0.281. The standard InChI is InChI=1S/C19H25NO3/c1-13(16-7-5-6-15(10-16)12-21)20-14(2)17-8-9-18(22-3)19(11-17)23-4/h5-11,13-14,20-21H,12H2,1-4H3. The fourth-order valence-corrected chi connectivity index (χ4v) is 2.65. The van der Waals surface area contributed by atoms with Crippen molar-refractivity contribution in [1.29, 1.82) is 0 Å². The Hall–Kier alpha value is -2.04. The third kappa shape index (κ3) is 4.24. The smallest absolute Gasteiger partial charge is 0.161 e. The highest BCUT2D eigenvalue weighted by atomic mass is 16.5. The molecule has 0 amide bonds. The van der Waals surface area contributed by atoms with Crippen LogP contribution in [0, 0.1) is 0 Å². The minimum Gasteiger partial charge on any atom is -0.493 e. The van der Waals surface area contributed by atoms with Gasteiger partial charge < -0.3 is 19.9 Å². The third-order valence-corrected chi connectivity index (χ3v) is 4.04. The highest BCUT2D eigenvalue weighted by molar-refractivity contribution is 5.43. The fraction of sp³-hybridized carbons (Fsp3) is 0.368. The molecule has 124 valence electrons. The molecule has 4 heteroatoms. The van der Waals surface area contributed by atoms with Crippen molar-refractivity contribution in [1.82, 2.24) is 5.32 Å². The number of hydrogen-bond donors (Lipinski definition) is 2. The summed E-state index contributed by atoms with van der Waals surface area (Å²) in [7, 11) is 3.28. The number of aliphatic hydroxyl groups is 1. The van der Waals surface area contributed by atoms with Crippen LogP contribution >= 0.6 is 0 Å². The molecule has 0 aliphatic carbocycles. The average Bonchev–Trinajstić information content (AvgIpc) is 2.60. The van der Waals surface area contributed by atoms with E-state index in [4.69, 9.17) is 9.47 Å². The molecule has 2 aromatic carbocycles. The average molecular weight is 315 g/mol. The Morgan fingerprint density at radius 3 is 2.17 bits per heavy atom. The Morgan fingerprint density at radius 2 is 1.57 bits per heavy atom. The van der Waals surface area contributed by atoms with Crippen molar-refractivity contribution in [3.05, 3.63) is 59.2 Å². The van der Waals surface area contributed by atoms with E-state index in [1.807, 2.05) is 36.4 Å². The molecule has 0 aliphatic heterocycles. The molecule has 2 atom stereocenters. The molecule has 0 bridgehead atoms. The van der Waals surface area contributed by atoms with Gasteiger partial charge >= 0.3 is 0 Å². The second kappa shape index (κ2) is 7.99. The summed E-state index contributed by atoms with van der Waals surface area (Å²) in [5.74, 6) is 1.46. The summed E-state index contributed by atoms with van der Waals surface area (Å²) in [4.78, 5) is 0. The van der Waals surface area contributed by atoms with E-state index in [0.717, 1.165) is 28.2 Å². The summed E-state index contributed by atoms with van der Waals surface area (Å²) >= 11 is 0. The molecule has 0 fully saturated rings. The van der Waals surface area contributed by atoms with Crippen molar-refractivity contribution in [3.63, 3.8) is 0 Å². The van der Waals surface area contributed by atoms with E-state index in [1.54, 1.807) is 14.2 Å². The van der Waals surface area contributed by atoms with Gasteiger partial charge in [0, 0.05) is 12.1 Å². The number of ether oxygens (including phenoxy) is 2. The molecular formula is C19H25NO3. The molecule has 0 heterocycles. The third-order valence-electron chi connectivity index (χ3n) is 4.04. The highest BCUT2D eigenvalue weighted by Crippen LogP contribution is 2.30. The van der Waals surface area contributed by atoms with Crippen molar-refractivity contribution >= 4 is 0 Å². The fourth-order valence-electron chi connectivity index (χ4n) is 2.65. The SMILES string of the molecule is COc1ccc(C(C)NC(C)c2cccc(CO)c2)cc1OC. The Morgan fingerprint density at radius 1 is 0.913 bits per heavy atom. The summed E-state index contributed by atoms with van der Waals surface area (Å²) in [6, 6.07) is 14.3. The Labute approximate surface area is 138 Å². The maximum absolute atomic E-state index is 9.26. The van der Waals surface area contributed by atoms with Gasteiger partial charge in [0.2, 0.25) is 0 Å². The quantitative estimate of drug-likeness (QED) is 0.819. The number of benzene rings is 2. The maximum Gasteiger partial charge on any atom is 0.161 e. The molecule has 0 radical (unpaired) electrons. The van der Waals surface area contributed by atoms with Gasteiger partial charge in [-0.05, 0) is 42.7 Å². The first-order valence-corrected chi connectivity index (χ1v) is 7.76. The molecule has 0 saturated carbocycles. The molecule has 2 N–H and O–H groups in total. The van der Waals surface area contributed by atoms with Crippen LogP contribution in [0.1, 0.15) is 42.6 Å². The summed E-state index contributed by atoms with van der Waals surface area (Å²) in [6.45, 7) is 4.30. The molecule has 2 rings (SSSR count). The van der Waals surface area contributed by atoms with Crippen molar-refractivity contribution < 1.29 is 14.6 Å². The van der Waals surface area contributed by atoms with Gasteiger partial charge in [0.25, 0.3) is 0 Å². The summed E-state index contributed by atoms with van der Waals surface area (Å²) < 4.78 is 10.6. The maximum atomic E-state index is 9.26. The van der Waals surface area contributed by atoms with Crippen LogP contribution < -0.4 is 14.8 Å². The molecule has 2 unspecified atom stereocenters. The first kappa shape index (κ1) is 17.3. The predicted octanol–water partition coefficient (Wildman–Crippen LogP) is 3.61. The predicted molar refractivity (Wildman–Crippen MR) is 91.9 cm³/mol. The van der Waals surface area contributed by atoms with Crippen LogP contribution in [0.2, 0.25) is 0 Å². The van der Waals surface area contributed by atoms with Gasteiger partial charge in [-0.25, -0.2) is 0 Å². The van der Waals surface area contributed by atoms with Crippen LogP contribution in [0.15, 0.2) is 42.5 Å². The molecule has 4 nitrogen and oxygen atoms in total. The number of hydrogen-bond acceptors (Lipinski definition) is 4. The highest BCUT2D eigenvalue weighted by Gasteiger charge is 2.14. The van der Waals surface area contributed by atoms with Gasteiger partial charge in [-0.3, -0.25) is 0 Å². The first-order valence-electron chi connectivity index (χ1n) is 7.76. The lowest BCUT2D eigenvalue weighted by Gasteiger charge is -2.22. The van der Waals surface area contributed by atoms with Crippen molar-refractivity contribution in [3.8, 4) is 11.5 Å². The first-order chi connectivity index (χ1) is 11.1. The van der Waals surface area contributed by atoms with Crippen LogP contribution in [-0.2, 0) is 6.61 Å². The number of nitrogens with one attached hydrogen (secondary N) is 1. The molecule has 2 aromatic rings. The van der Waals surface area contributed by atoms with E-state index in [1.165, 1.54) is 0 Å². The molecule has 0 aromatic heterocycles. The van der Waals surface area contributed by atoms with Gasteiger partial charge in [-0.15, -0.1) is 0 Å². The Bertz CT molecular complexity index is 642. The van der Waals surface area contributed by atoms with E-state index in [9.17, 15) is 5.11 Å². The lowest BCUT2D eigenvalue weighted by Crippen LogP contribution is -2.22. The zero-order valence-electron chi connectivity index (χ0n) is 14.2.